The SMILES string of the molecule is CCCCCCCCOc1ccc(C)cc1[B-](F)(F)F.[K+]. The molecule has 1 aromatic carbocycles. The van der Waals surface area contributed by atoms with E-state index < -0.39 is 12.4 Å². The summed E-state index contributed by atoms with van der Waals surface area (Å²) in [7, 11) is 0. The summed E-state index contributed by atoms with van der Waals surface area (Å²) in [4.78, 5) is 0. The van der Waals surface area contributed by atoms with Crippen LogP contribution in [0.2, 0.25) is 0 Å². The fourth-order valence-electron chi connectivity index (χ4n) is 2.12. The first kappa shape index (κ1) is 21.5. The number of aryl methyl sites for hydroxylation is 1. The summed E-state index contributed by atoms with van der Waals surface area (Å²) in [5.41, 5.74) is -0.0119. The second kappa shape index (κ2) is 11.1. The van der Waals surface area contributed by atoms with Crippen molar-refractivity contribution in [2.24, 2.45) is 0 Å². The van der Waals surface area contributed by atoms with Gasteiger partial charge in [0, 0.05) is 0 Å². The molecular formula is C15H23BF3KO. The van der Waals surface area contributed by atoms with E-state index in [4.69, 9.17) is 4.74 Å². The standard InChI is InChI=1S/C15H23BF3O.K/c1-3-4-5-6-7-8-11-20-15-10-9-13(2)12-14(15)16(17,18)19;/h9-10,12H,3-8,11H2,1-2H3;/q-1;+1. The maximum atomic E-state index is 12.9. The molecule has 6 heteroatoms. The summed E-state index contributed by atoms with van der Waals surface area (Å²) in [5.74, 6) is -0.0309. The van der Waals surface area contributed by atoms with E-state index >= 15 is 0 Å². The van der Waals surface area contributed by atoms with E-state index in [2.05, 4.69) is 6.92 Å². The van der Waals surface area contributed by atoms with Gasteiger partial charge in [-0.3, -0.25) is 0 Å². The minimum absolute atomic E-state index is 0. The van der Waals surface area contributed by atoms with Crippen LogP contribution in [0.3, 0.4) is 0 Å². The number of unbranched alkanes of at least 4 members (excludes halogenated alkanes) is 5. The van der Waals surface area contributed by atoms with Gasteiger partial charge in [0.2, 0.25) is 0 Å². The minimum Gasteiger partial charge on any atom is -0.497 e. The van der Waals surface area contributed by atoms with E-state index in [-0.39, 0.29) is 57.1 Å². The maximum absolute atomic E-state index is 12.9. The quantitative estimate of drug-likeness (QED) is 0.497. The molecule has 0 saturated heterocycles. The van der Waals surface area contributed by atoms with Crippen molar-refractivity contribution in [3.63, 3.8) is 0 Å². The van der Waals surface area contributed by atoms with Crippen molar-refractivity contribution in [2.75, 3.05) is 6.61 Å². The zero-order valence-corrected chi connectivity index (χ0v) is 16.4. The number of benzene rings is 1. The molecule has 114 valence electrons. The Bertz CT molecular complexity index is 410. The molecule has 21 heavy (non-hydrogen) atoms. The molecule has 1 aromatic rings. The van der Waals surface area contributed by atoms with Crippen LogP contribution in [-0.2, 0) is 0 Å². The van der Waals surface area contributed by atoms with E-state index in [1.54, 1.807) is 13.0 Å². The number of ether oxygens (including phenoxy) is 1. The summed E-state index contributed by atoms with van der Waals surface area (Å²) >= 11 is 0. The predicted octanol–water partition coefficient (Wildman–Crippen LogP) is 1.79. The van der Waals surface area contributed by atoms with Crippen LogP contribution in [0.4, 0.5) is 12.9 Å². The first-order valence-corrected chi connectivity index (χ1v) is 7.38. The van der Waals surface area contributed by atoms with Crippen molar-refractivity contribution in [3.05, 3.63) is 23.8 Å². The summed E-state index contributed by atoms with van der Waals surface area (Å²) in [6, 6.07) is 4.25. The monoisotopic (exact) mass is 326 g/mol. The van der Waals surface area contributed by atoms with Gasteiger partial charge in [0.1, 0.15) is 0 Å². The Balaban J connectivity index is 0.00000400. The molecule has 0 aliphatic carbocycles. The molecule has 0 atom stereocenters. The third kappa shape index (κ3) is 8.65. The van der Waals surface area contributed by atoms with E-state index in [1.165, 1.54) is 25.3 Å². The molecule has 0 spiro atoms. The van der Waals surface area contributed by atoms with Crippen LogP contribution in [0.15, 0.2) is 18.2 Å². The van der Waals surface area contributed by atoms with E-state index in [0.717, 1.165) is 25.3 Å². The molecule has 0 fully saturated rings. The van der Waals surface area contributed by atoms with E-state index in [1.807, 2.05) is 0 Å². The Kier molecular flexibility index (Phi) is 11.4. The van der Waals surface area contributed by atoms with Crippen LogP contribution in [0.25, 0.3) is 0 Å². The first-order chi connectivity index (χ1) is 9.45. The Hall–Kier alpha value is 0.511. The molecule has 0 aliphatic rings. The van der Waals surface area contributed by atoms with Crippen molar-refractivity contribution < 1.29 is 69.1 Å². The van der Waals surface area contributed by atoms with Crippen molar-refractivity contribution in [1.82, 2.24) is 0 Å². The topological polar surface area (TPSA) is 9.23 Å². The van der Waals surface area contributed by atoms with Gasteiger partial charge >= 0.3 is 58.4 Å². The summed E-state index contributed by atoms with van der Waals surface area (Å²) in [6.07, 6.45) is 6.55. The van der Waals surface area contributed by atoms with Crippen LogP contribution < -0.4 is 61.6 Å². The Labute approximate surface area is 168 Å². The van der Waals surface area contributed by atoms with Crippen molar-refractivity contribution in [3.8, 4) is 5.75 Å². The molecule has 0 aromatic heterocycles. The average Bonchev–Trinajstić information content (AvgIpc) is 2.38. The summed E-state index contributed by atoms with van der Waals surface area (Å²) in [6.45, 7) is -0.852. The van der Waals surface area contributed by atoms with Gasteiger partial charge in [-0.1, -0.05) is 62.2 Å². The maximum Gasteiger partial charge on any atom is 1.00 e. The van der Waals surface area contributed by atoms with Crippen LogP contribution in [0.1, 0.15) is 51.0 Å². The molecule has 0 unspecified atom stereocenters. The molecule has 0 radical (unpaired) electrons. The second-order valence-electron chi connectivity index (χ2n) is 5.23. The van der Waals surface area contributed by atoms with Gasteiger partial charge in [0.15, 0.2) is 0 Å². The van der Waals surface area contributed by atoms with Crippen molar-refractivity contribution in [1.29, 1.82) is 0 Å². The minimum atomic E-state index is -5.02. The Morgan fingerprint density at radius 2 is 1.62 bits per heavy atom. The van der Waals surface area contributed by atoms with Gasteiger partial charge in [0.25, 0.3) is 0 Å². The van der Waals surface area contributed by atoms with Crippen LogP contribution in [0.5, 0.6) is 5.75 Å². The fourth-order valence-corrected chi connectivity index (χ4v) is 2.12. The molecule has 1 rings (SSSR count). The molecule has 1 nitrogen and oxygen atoms in total. The van der Waals surface area contributed by atoms with Crippen molar-refractivity contribution >= 4 is 12.4 Å². The van der Waals surface area contributed by atoms with Crippen LogP contribution in [0, 0.1) is 6.92 Å². The molecule has 0 heterocycles. The molecule has 0 amide bonds. The molecule has 0 N–H and O–H groups in total. The Morgan fingerprint density at radius 1 is 1.00 bits per heavy atom. The zero-order chi connectivity index (χ0) is 15.0. The number of rotatable bonds is 9. The fraction of sp³-hybridized carbons (Fsp3) is 0.600. The Morgan fingerprint density at radius 3 is 2.24 bits per heavy atom. The molecule has 0 bridgehead atoms. The molecule has 0 saturated carbocycles. The normalized spacial score (nSPS) is 11.1. The van der Waals surface area contributed by atoms with Crippen molar-refractivity contribution in [2.45, 2.75) is 52.4 Å². The van der Waals surface area contributed by atoms with Gasteiger partial charge in [0.05, 0.1) is 12.4 Å². The van der Waals surface area contributed by atoms with Gasteiger partial charge < -0.3 is 17.7 Å². The van der Waals surface area contributed by atoms with E-state index in [0.29, 0.717) is 12.2 Å². The third-order valence-electron chi connectivity index (χ3n) is 3.27. The second-order valence-corrected chi connectivity index (χ2v) is 5.23. The average molecular weight is 326 g/mol. The largest absolute Gasteiger partial charge is 1.00 e. The zero-order valence-electron chi connectivity index (χ0n) is 13.3. The number of hydrogen-bond donors (Lipinski definition) is 0. The number of hydrogen-bond acceptors (Lipinski definition) is 1. The van der Waals surface area contributed by atoms with E-state index in [9.17, 15) is 12.9 Å². The van der Waals surface area contributed by atoms with Gasteiger partial charge in [-0.15, -0.1) is 0 Å². The van der Waals surface area contributed by atoms with Crippen LogP contribution in [-0.4, -0.2) is 13.6 Å². The third-order valence-corrected chi connectivity index (χ3v) is 3.27. The van der Waals surface area contributed by atoms with Gasteiger partial charge in [-0.2, -0.15) is 0 Å². The molecule has 0 aliphatic heterocycles. The first-order valence-electron chi connectivity index (χ1n) is 7.38. The summed E-state index contributed by atoms with van der Waals surface area (Å²) in [5, 5.41) is 0. The smallest absolute Gasteiger partial charge is 0.497 e. The van der Waals surface area contributed by atoms with Gasteiger partial charge in [-0.25, -0.2) is 0 Å². The van der Waals surface area contributed by atoms with Crippen LogP contribution >= 0.6 is 0 Å². The van der Waals surface area contributed by atoms with Gasteiger partial charge in [-0.05, 0) is 19.4 Å². The summed E-state index contributed by atoms with van der Waals surface area (Å²) < 4.78 is 44.1. The predicted molar refractivity (Wildman–Crippen MR) is 78.8 cm³/mol. The molecular weight excluding hydrogens is 303 g/mol. The number of halogens is 3.